The largest absolute Gasteiger partial charge is 0.494 e. The summed E-state index contributed by atoms with van der Waals surface area (Å²) < 4.78 is 10.7. The summed E-state index contributed by atoms with van der Waals surface area (Å²) >= 11 is 0. The molecular weight excluding hydrogens is 370 g/mol. The van der Waals surface area contributed by atoms with E-state index in [0.717, 1.165) is 30.8 Å². The van der Waals surface area contributed by atoms with Crippen LogP contribution in [0.2, 0.25) is 0 Å². The highest BCUT2D eigenvalue weighted by molar-refractivity contribution is 5.96. The summed E-state index contributed by atoms with van der Waals surface area (Å²) in [4.78, 5) is 30.9. The fraction of sp³-hybridized carbons (Fsp3) is 0.409. The maximum absolute atomic E-state index is 12.6. The van der Waals surface area contributed by atoms with Crippen molar-refractivity contribution in [3.8, 4) is 5.75 Å². The number of anilines is 2. The Morgan fingerprint density at radius 1 is 1.24 bits per heavy atom. The lowest BCUT2D eigenvalue weighted by atomic mass is 10.0. The van der Waals surface area contributed by atoms with Crippen molar-refractivity contribution < 1.29 is 19.1 Å². The number of amides is 1. The number of likely N-dealkylation sites (tertiary alicyclic amines) is 1. The van der Waals surface area contributed by atoms with Crippen LogP contribution in [0.3, 0.4) is 0 Å². The van der Waals surface area contributed by atoms with Crippen LogP contribution >= 0.6 is 0 Å². The Kier molecular flexibility index (Phi) is 7.05. The van der Waals surface area contributed by atoms with Crippen LogP contribution in [-0.2, 0) is 9.53 Å². The summed E-state index contributed by atoms with van der Waals surface area (Å²) in [5, 5.41) is 3.12. The van der Waals surface area contributed by atoms with Gasteiger partial charge in [-0.25, -0.2) is 9.78 Å². The summed E-state index contributed by atoms with van der Waals surface area (Å²) in [5.41, 5.74) is 1.04. The Morgan fingerprint density at radius 3 is 2.76 bits per heavy atom. The highest BCUT2D eigenvalue weighted by Gasteiger charge is 2.23. The molecule has 0 spiro atoms. The van der Waals surface area contributed by atoms with E-state index in [-0.39, 0.29) is 18.1 Å². The molecule has 1 saturated heterocycles. The zero-order chi connectivity index (χ0) is 20.6. The normalized spacial score (nSPS) is 16.2. The fourth-order valence-electron chi connectivity index (χ4n) is 3.32. The molecule has 0 saturated carbocycles. The van der Waals surface area contributed by atoms with Crippen LogP contribution in [0.4, 0.5) is 11.5 Å². The topological polar surface area (TPSA) is 80.8 Å². The molecule has 1 aliphatic heterocycles. The summed E-state index contributed by atoms with van der Waals surface area (Å²) in [6.07, 6.45) is 3.70. The average Bonchev–Trinajstić information content (AvgIpc) is 2.74. The molecule has 2 heterocycles. The molecule has 0 radical (unpaired) electrons. The minimum Gasteiger partial charge on any atom is -0.494 e. The number of rotatable bonds is 7. The molecule has 29 heavy (non-hydrogen) atoms. The zero-order valence-corrected chi connectivity index (χ0v) is 16.9. The first-order valence-corrected chi connectivity index (χ1v) is 9.96. The van der Waals surface area contributed by atoms with Crippen LogP contribution in [-0.4, -0.2) is 48.1 Å². The molecule has 1 aromatic carbocycles. The Hall–Kier alpha value is -3.09. The van der Waals surface area contributed by atoms with Gasteiger partial charge in [0.2, 0.25) is 0 Å². The van der Waals surface area contributed by atoms with E-state index in [2.05, 4.69) is 17.2 Å². The molecule has 2 aromatic rings. The second-order valence-corrected chi connectivity index (χ2v) is 7.15. The minimum atomic E-state index is -0.579. The number of carbonyl (C=O) groups is 2. The third-order valence-electron chi connectivity index (χ3n) is 4.79. The Labute approximate surface area is 171 Å². The number of carbonyl (C=O) groups excluding carboxylic acids is 2. The number of piperidine rings is 1. The van der Waals surface area contributed by atoms with E-state index in [0.29, 0.717) is 24.9 Å². The van der Waals surface area contributed by atoms with Gasteiger partial charge in [-0.05, 0) is 62.1 Å². The molecule has 1 aromatic heterocycles. The number of hydrogen-bond acceptors (Lipinski definition) is 6. The fourth-order valence-corrected chi connectivity index (χ4v) is 3.32. The maximum Gasteiger partial charge on any atom is 0.342 e. The van der Waals surface area contributed by atoms with E-state index in [1.165, 1.54) is 0 Å². The second-order valence-electron chi connectivity index (χ2n) is 7.15. The lowest BCUT2D eigenvalue weighted by Gasteiger charge is -2.30. The predicted molar refractivity (Wildman–Crippen MR) is 110 cm³/mol. The maximum atomic E-state index is 12.6. The summed E-state index contributed by atoms with van der Waals surface area (Å²) in [7, 11) is 0. The highest BCUT2D eigenvalue weighted by atomic mass is 16.5. The molecule has 7 nitrogen and oxygen atoms in total. The molecule has 0 aliphatic carbocycles. The van der Waals surface area contributed by atoms with E-state index in [1.807, 2.05) is 31.2 Å². The summed E-state index contributed by atoms with van der Waals surface area (Å²) in [5.74, 6) is 0.886. The molecule has 154 valence electrons. The number of nitrogens with one attached hydrogen (secondary N) is 1. The van der Waals surface area contributed by atoms with Gasteiger partial charge in [0.15, 0.2) is 6.61 Å². The zero-order valence-electron chi connectivity index (χ0n) is 16.9. The number of benzene rings is 1. The first-order valence-electron chi connectivity index (χ1n) is 9.96. The monoisotopic (exact) mass is 397 g/mol. The molecule has 1 N–H and O–H groups in total. The van der Waals surface area contributed by atoms with E-state index >= 15 is 0 Å². The molecule has 1 aliphatic rings. The second kappa shape index (κ2) is 9.91. The number of pyridine rings is 1. The van der Waals surface area contributed by atoms with Gasteiger partial charge in [-0.15, -0.1) is 0 Å². The van der Waals surface area contributed by atoms with Gasteiger partial charge in [-0.2, -0.15) is 0 Å². The van der Waals surface area contributed by atoms with Gasteiger partial charge in [0.25, 0.3) is 5.91 Å². The first kappa shape index (κ1) is 20.6. The van der Waals surface area contributed by atoms with Gasteiger partial charge in [0, 0.05) is 25.0 Å². The predicted octanol–water partition coefficient (Wildman–Crippen LogP) is 3.64. The van der Waals surface area contributed by atoms with Crippen molar-refractivity contribution in [2.24, 2.45) is 5.92 Å². The average molecular weight is 397 g/mol. The Bertz CT molecular complexity index is 838. The van der Waals surface area contributed by atoms with Gasteiger partial charge in [0.05, 0.1) is 6.61 Å². The molecule has 1 fully saturated rings. The van der Waals surface area contributed by atoms with Gasteiger partial charge in [-0.3, -0.25) is 4.79 Å². The third-order valence-corrected chi connectivity index (χ3v) is 4.79. The minimum absolute atomic E-state index is 0.158. The number of esters is 1. The number of aromatic nitrogens is 1. The molecular formula is C22H27N3O4. The lowest BCUT2D eigenvalue weighted by molar-refractivity contribution is -0.136. The van der Waals surface area contributed by atoms with E-state index in [9.17, 15) is 9.59 Å². The van der Waals surface area contributed by atoms with Crippen molar-refractivity contribution in [1.82, 2.24) is 9.88 Å². The smallest absolute Gasteiger partial charge is 0.342 e. The molecule has 0 unspecified atom stereocenters. The van der Waals surface area contributed by atoms with Crippen LogP contribution in [0.5, 0.6) is 5.75 Å². The van der Waals surface area contributed by atoms with E-state index in [4.69, 9.17) is 9.47 Å². The Balaban J connectivity index is 1.61. The van der Waals surface area contributed by atoms with Crippen molar-refractivity contribution in [2.45, 2.75) is 26.7 Å². The Morgan fingerprint density at radius 2 is 2.03 bits per heavy atom. The lowest BCUT2D eigenvalue weighted by Crippen LogP contribution is -2.41. The SMILES string of the molecule is CCOc1ccc(Nc2ncccc2C(=O)OCC(=O)N2CCC[C@H](C)C2)cc1. The number of ether oxygens (including phenoxy) is 2. The summed E-state index contributed by atoms with van der Waals surface area (Å²) in [6, 6.07) is 10.6. The van der Waals surface area contributed by atoms with Crippen LogP contribution in [0.1, 0.15) is 37.0 Å². The molecule has 1 atom stereocenters. The van der Waals surface area contributed by atoms with E-state index in [1.54, 1.807) is 23.2 Å². The van der Waals surface area contributed by atoms with Crippen LogP contribution in [0, 0.1) is 5.92 Å². The van der Waals surface area contributed by atoms with Crippen molar-refractivity contribution in [2.75, 3.05) is 31.6 Å². The van der Waals surface area contributed by atoms with Crippen LogP contribution in [0.25, 0.3) is 0 Å². The van der Waals surface area contributed by atoms with Crippen molar-refractivity contribution >= 4 is 23.4 Å². The number of nitrogens with zero attached hydrogens (tertiary/aromatic N) is 2. The van der Waals surface area contributed by atoms with E-state index < -0.39 is 5.97 Å². The third kappa shape index (κ3) is 5.70. The van der Waals surface area contributed by atoms with Crippen molar-refractivity contribution in [3.63, 3.8) is 0 Å². The van der Waals surface area contributed by atoms with Crippen LogP contribution in [0.15, 0.2) is 42.6 Å². The molecule has 7 heteroatoms. The first-order chi connectivity index (χ1) is 14.1. The molecule has 1 amide bonds. The summed E-state index contributed by atoms with van der Waals surface area (Å²) in [6.45, 7) is 5.82. The van der Waals surface area contributed by atoms with Gasteiger partial charge in [0.1, 0.15) is 17.1 Å². The van der Waals surface area contributed by atoms with Crippen molar-refractivity contribution in [1.29, 1.82) is 0 Å². The van der Waals surface area contributed by atoms with Gasteiger partial charge >= 0.3 is 5.97 Å². The quantitative estimate of drug-likeness (QED) is 0.719. The van der Waals surface area contributed by atoms with Crippen molar-refractivity contribution in [3.05, 3.63) is 48.2 Å². The molecule has 0 bridgehead atoms. The van der Waals surface area contributed by atoms with Crippen LogP contribution < -0.4 is 10.1 Å². The van der Waals surface area contributed by atoms with Gasteiger partial charge in [-0.1, -0.05) is 6.92 Å². The highest BCUT2D eigenvalue weighted by Crippen LogP contribution is 2.22. The van der Waals surface area contributed by atoms with Gasteiger partial charge < -0.3 is 19.7 Å². The number of hydrogen-bond donors (Lipinski definition) is 1. The molecule has 3 rings (SSSR count). The standard InChI is InChI=1S/C22H27N3O4/c1-3-28-18-10-8-17(9-11-18)24-21-19(7-4-12-23-21)22(27)29-15-20(26)25-13-5-6-16(2)14-25/h4,7-12,16H,3,5-6,13-15H2,1-2H3,(H,23,24)/t16-/m0/s1.